The number of hydrogen-bond donors (Lipinski definition) is 0. The molecule has 0 radical (unpaired) electrons. The van der Waals surface area contributed by atoms with Crippen LogP contribution in [0.2, 0.25) is 0 Å². The van der Waals surface area contributed by atoms with Gasteiger partial charge in [-0.1, -0.05) is 117 Å². The highest BCUT2D eigenvalue weighted by molar-refractivity contribution is 5.95. The summed E-state index contributed by atoms with van der Waals surface area (Å²) in [6, 6.07) is 47.8. The molecule has 2 aromatic heterocycles. The van der Waals surface area contributed by atoms with Crippen molar-refractivity contribution < 1.29 is 0 Å². The van der Waals surface area contributed by atoms with Gasteiger partial charge in [0, 0.05) is 34.3 Å². The first kappa shape index (κ1) is 23.7. The van der Waals surface area contributed by atoms with Gasteiger partial charge in [0.15, 0.2) is 5.82 Å². The molecule has 196 valence electrons. The maximum Gasteiger partial charge on any atom is 0.160 e. The summed E-state index contributed by atoms with van der Waals surface area (Å²) >= 11 is 0. The van der Waals surface area contributed by atoms with Crippen molar-refractivity contribution in [1.82, 2.24) is 9.61 Å². The van der Waals surface area contributed by atoms with E-state index in [9.17, 15) is 0 Å². The number of fused-ring (bicyclic) bond motifs is 5. The van der Waals surface area contributed by atoms with E-state index in [2.05, 4.69) is 158 Å². The first-order valence-corrected chi connectivity index (χ1v) is 14.2. The van der Waals surface area contributed by atoms with Crippen LogP contribution in [0.5, 0.6) is 0 Å². The van der Waals surface area contributed by atoms with E-state index in [1.54, 1.807) is 0 Å². The molecule has 0 atom stereocenters. The summed E-state index contributed by atoms with van der Waals surface area (Å²) in [5, 5.41) is 7.56. The minimum Gasteiger partial charge on any atom is -0.293 e. The number of anilines is 3. The molecule has 5 aromatic carbocycles. The van der Waals surface area contributed by atoms with Crippen molar-refractivity contribution >= 4 is 33.5 Å². The predicted octanol–water partition coefficient (Wildman–Crippen LogP) is 9.93. The van der Waals surface area contributed by atoms with Crippen molar-refractivity contribution in [2.24, 2.45) is 0 Å². The van der Waals surface area contributed by atoms with Crippen molar-refractivity contribution in [3.63, 3.8) is 0 Å². The van der Waals surface area contributed by atoms with Gasteiger partial charge in [0.1, 0.15) is 0 Å². The van der Waals surface area contributed by atoms with E-state index in [1.807, 2.05) is 4.52 Å². The highest BCUT2D eigenvalue weighted by Gasteiger charge is 2.37. The van der Waals surface area contributed by atoms with Crippen LogP contribution in [0.25, 0.3) is 38.5 Å². The molecule has 0 amide bonds. The van der Waals surface area contributed by atoms with Crippen LogP contribution in [-0.4, -0.2) is 9.61 Å². The second-order valence-electron chi connectivity index (χ2n) is 11.4. The van der Waals surface area contributed by atoms with Gasteiger partial charge in [-0.3, -0.25) is 4.90 Å². The van der Waals surface area contributed by atoms with Crippen molar-refractivity contribution in [3.8, 4) is 22.3 Å². The van der Waals surface area contributed by atoms with Gasteiger partial charge < -0.3 is 0 Å². The van der Waals surface area contributed by atoms with Crippen molar-refractivity contribution in [3.05, 3.63) is 151 Å². The smallest absolute Gasteiger partial charge is 0.160 e. The number of rotatable bonds is 4. The van der Waals surface area contributed by atoms with E-state index >= 15 is 0 Å². The molecule has 1 aliphatic carbocycles. The SMILES string of the molecule is CC1(C)c2ccccc2-c2c(N(c3cccc(-c4ccccc4)c3)c3cc4cc5ccccc5cn4n3)cccc21. The predicted molar refractivity (Wildman–Crippen MR) is 170 cm³/mol. The van der Waals surface area contributed by atoms with Gasteiger partial charge in [-0.05, 0) is 57.5 Å². The summed E-state index contributed by atoms with van der Waals surface area (Å²) in [5.74, 6) is 0.890. The van der Waals surface area contributed by atoms with Gasteiger partial charge >= 0.3 is 0 Å². The number of pyridine rings is 1. The summed E-state index contributed by atoms with van der Waals surface area (Å²) < 4.78 is 2.01. The summed E-state index contributed by atoms with van der Waals surface area (Å²) in [6.45, 7) is 4.66. The van der Waals surface area contributed by atoms with Crippen molar-refractivity contribution in [1.29, 1.82) is 0 Å². The van der Waals surface area contributed by atoms with E-state index in [0.717, 1.165) is 22.7 Å². The number of nitrogens with zero attached hydrogens (tertiary/aromatic N) is 3. The Kier molecular flexibility index (Phi) is 5.17. The molecule has 2 heterocycles. The Labute approximate surface area is 239 Å². The third-order valence-electron chi connectivity index (χ3n) is 8.58. The molecule has 0 unspecified atom stereocenters. The largest absolute Gasteiger partial charge is 0.293 e. The normalized spacial score (nSPS) is 13.3. The fourth-order valence-electron chi connectivity index (χ4n) is 6.54. The first-order chi connectivity index (χ1) is 20.1. The third kappa shape index (κ3) is 3.70. The van der Waals surface area contributed by atoms with Gasteiger partial charge in [0.25, 0.3) is 0 Å². The first-order valence-electron chi connectivity index (χ1n) is 14.2. The molecule has 0 fully saturated rings. The number of aromatic nitrogens is 2. The Bertz CT molecular complexity index is 2030. The second-order valence-corrected chi connectivity index (χ2v) is 11.4. The van der Waals surface area contributed by atoms with E-state index in [1.165, 1.54) is 44.2 Å². The highest BCUT2D eigenvalue weighted by Crippen LogP contribution is 2.54. The Hall–Kier alpha value is -5.15. The molecular formula is C38H29N3. The zero-order valence-corrected chi connectivity index (χ0v) is 23.1. The van der Waals surface area contributed by atoms with Gasteiger partial charge in [-0.25, -0.2) is 4.52 Å². The summed E-state index contributed by atoms with van der Waals surface area (Å²) in [4.78, 5) is 2.33. The molecule has 0 spiro atoms. The topological polar surface area (TPSA) is 20.5 Å². The summed E-state index contributed by atoms with van der Waals surface area (Å²) in [5.41, 5.74) is 10.8. The Morgan fingerprint density at radius 2 is 1.32 bits per heavy atom. The Morgan fingerprint density at radius 3 is 2.20 bits per heavy atom. The molecule has 0 N–H and O–H groups in total. The number of hydrogen-bond acceptors (Lipinski definition) is 2. The van der Waals surface area contributed by atoms with Crippen LogP contribution in [0.3, 0.4) is 0 Å². The van der Waals surface area contributed by atoms with E-state index in [4.69, 9.17) is 5.10 Å². The molecular weight excluding hydrogens is 498 g/mol. The zero-order chi connectivity index (χ0) is 27.6. The van der Waals surface area contributed by atoms with Crippen LogP contribution in [0.15, 0.2) is 140 Å². The third-order valence-corrected chi connectivity index (χ3v) is 8.58. The molecule has 1 aliphatic rings. The second kappa shape index (κ2) is 8.94. The van der Waals surface area contributed by atoms with Crippen LogP contribution in [0.4, 0.5) is 17.2 Å². The summed E-state index contributed by atoms with van der Waals surface area (Å²) in [7, 11) is 0. The minimum atomic E-state index is -0.0872. The zero-order valence-electron chi connectivity index (χ0n) is 23.1. The molecule has 3 heteroatoms. The van der Waals surface area contributed by atoms with Gasteiger partial charge in [0.05, 0.1) is 11.2 Å². The van der Waals surface area contributed by atoms with Crippen LogP contribution in [0.1, 0.15) is 25.0 Å². The van der Waals surface area contributed by atoms with Gasteiger partial charge in [-0.15, -0.1) is 5.10 Å². The van der Waals surface area contributed by atoms with Crippen molar-refractivity contribution in [2.45, 2.75) is 19.3 Å². The van der Waals surface area contributed by atoms with Crippen LogP contribution < -0.4 is 4.90 Å². The molecule has 41 heavy (non-hydrogen) atoms. The Morgan fingerprint density at radius 1 is 0.610 bits per heavy atom. The lowest BCUT2D eigenvalue weighted by molar-refractivity contribution is 0.660. The van der Waals surface area contributed by atoms with Crippen LogP contribution >= 0.6 is 0 Å². The van der Waals surface area contributed by atoms with E-state index < -0.39 is 0 Å². The average Bonchev–Trinajstić information content (AvgIpc) is 3.52. The van der Waals surface area contributed by atoms with E-state index in [0.29, 0.717) is 0 Å². The fraction of sp³-hybridized carbons (Fsp3) is 0.0789. The maximum atomic E-state index is 5.18. The van der Waals surface area contributed by atoms with Gasteiger partial charge in [-0.2, -0.15) is 0 Å². The van der Waals surface area contributed by atoms with Gasteiger partial charge in [0.2, 0.25) is 0 Å². The highest BCUT2D eigenvalue weighted by atomic mass is 15.3. The van der Waals surface area contributed by atoms with Crippen LogP contribution in [0, 0.1) is 0 Å². The molecule has 0 aliphatic heterocycles. The maximum absolute atomic E-state index is 5.18. The molecule has 0 saturated carbocycles. The molecule has 8 rings (SSSR count). The summed E-state index contributed by atoms with van der Waals surface area (Å²) in [6.07, 6.45) is 2.13. The molecule has 0 saturated heterocycles. The quantitative estimate of drug-likeness (QED) is 0.227. The lowest BCUT2D eigenvalue weighted by atomic mass is 9.82. The Balaban J connectivity index is 1.40. The lowest BCUT2D eigenvalue weighted by Gasteiger charge is -2.27. The molecule has 0 bridgehead atoms. The average molecular weight is 528 g/mol. The molecule has 7 aromatic rings. The van der Waals surface area contributed by atoms with Crippen molar-refractivity contribution in [2.75, 3.05) is 4.90 Å². The van der Waals surface area contributed by atoms with E-state index in [-0.39, 0.29) is 5.41 Å². The minimum absolute atomic E-state index is 0.0872. The lowest BCUT2D eigenvalue weighted by Crippen LogP contribution is -2.16. The standard InChI is InChI=1S/C38H29N3/c1-38(2)33-19-9-8-18-32(33)37-34(38)20-11-21-35(37)41(30-17-10-16-27(22-30)26-12-4-3-5-13-26)36-24-31-23-28-14-6-7-15-29(28)25-40(31)39-36/h3-25H,1-2H3. The fourth-order valence-corrected chi connectivity index (χ4v) is 6.54. The molecule has 3 nitrogen and oxygen atoms in total. The monoisotopic (exact) mass is 527 g/mol. The number of benzene rings is 5. The van der Waals surface area contributed by atoms with Crippen LogP contribution in [-0.2, 0) is 5.41 Å².